The van der Waals surface area contributed by atoms with Crippen molar-refractivity contribution >= 4 is 11.5 Å². The normalized spacial score (nSPS) is 25.8. The molecule has 1 aliphatic heterocycles. The molecule has 0 spiro atoms. The first kappa shape index (κ1) is 9.12. The van der Waals surface area contributed by atoms with Crippen molar-refractivity contribution < 1.29 is 4.74 Å². The number of hydrogen-bond acceptors (Lipinski definition) is 4. The second-order valence-electron chi connectivity index (χ2n) is 3.36. The van der Waals surface area contributed by atoms with Crippen LogP contribution in [0, 0.1) is 0 Å². The maximum atomic E-state index is 6.03. The quantitative estimate of drug-likeness (QED) is 0.787. The zero-order valence-corrected chi connectivity index (χ0v) is 8.30. The fourth-order valence-corrected chi connectivity index (χ4v) is 2.20. The zero-order chi connectivity index (χ0) is 9.10. The van der Waals surface area contributed by atoms with Gasteiger partial charge in [0.15, 0.2) is 0 Å². The van der Waals surface area contributed by atoms with Crippen LogP contribution in [0.5, 0.6) is 0 Å². The van der Waals surface area contributed by atoms with Crippen LogP contribution >= 0.6 is 11.5 Å². The number of aromatic nitrogens is 1. The third kappa shape index (κ3) is 2.07. The predicted molar refractivity (Wildman–Crippen MR) is 52.6 cm³/mol. The fraction of sp³-hybridized carbons (Fsp3) is 0.667. The summed E-state index contributed by atoms with van der Waals surface area (Å²) in [5.41, 5.74) is 7.00. The Morgan fingerprint density at radius 2 is 2.54 bits per heavy atom. The van der Waals surface area contributed by atoms with Gasteiger partial charge < -0.3 is 10.5 Å². The van der Waals surface area contributed by atoms with Gasteiger partial charge >= 0.3 is 0 Å². The molecule has 2 heterocycles. The van der Waals surface area contributed by atoms with Crippen LogP contribution in [0.25, 0.3) is 0 Å². The molecule has 0 aromatic carbocycles. The van der Waals surface area contributed by atoms with Crippen molar-refractivity contribution in [2.24, 2.45) is 5.73 Å². The summed E-state index contributed by atoms with van der Waals surface area (Å²) in [4.78, 5) is 0. The SMILES string of the molecule is NC(c1ccsn1)C1CCCCO1. The molecule has 1 aromatic heterocycles. The maximum Gasteiger partial charge on any atom is 0.0783 e. The molecule has 1 aromatic rings. The third-order valence-electron chi connectivity index (χ3n) is 2.41. The van der Waals surface area contributed by atoms with Gasteiger partial charge in [-0.2, -0.15) is 4.37 Å². The van der Waals surface area contributed by atoms with E-state index >= 15 is 0 Å². The molecule has 2 rings (SSSR count). The highest BCUT2D eigenvalue weighted by molar-refractivity contribution is 7.03. The Morgan fingerprint density at radius 1 is 1.62 bits per heavy atom. The molecule has 0 amide bonds. The summed E-state index contributed by atoms with van der Waals surface area (Å²) < 4.78 is 9.83. The highest BCUT2D eigenvalue weighted by Crippen LogP contribution is 2.23. The first-order chi connectivity index (χ1) is 6.38. The first-order valence-electron chi connectivity index (χ1n) is 4.65. The van der Waals surface area contributed by atoms with Crippen LogP contribution in [0.3, 0.4) is 0 Å². The van der Waals surface area contributed by atoms with E-state index in [-0.39, 0.29) is 12.1 Å². The van der Waals surface area contributed by atoms with E-state index in [0.29, 0.717) is 0 Å². The molecule has 0 saturated carbocycles. The summed E-state index contributed by atoms with van der Waals surface area (Å²) in [6, 6.07) is 1.94. The van der Waals surface area contributed by atoms with Crippen molar-refractivity contribution in [3.8, 4) is 0 Å². The highest BCUT2D eigenvalue weighted by Gasteiger charge is 2.23. The Balaban J connectivity index is 1.99. The Morgan fingerprint density at radius 3 is 3.15 bits per heavy atom. The van der Waals surface area contributed by atoms with Gasteiger partial charge in [0.1, 0.15) is 0 Å². The van der Waals surface area contributed by atoms with Gasteiger partial charge in [0.05, 0.1) is 17.8 Å². The van der Waals surface area contributed by atoms with Gasteiger partial charge in [-0.25, -0.2) is 0 Å². The van der Waals surface area contributed by atoms with Crippen LogP contribution in [0.2, 0.25) is 0 Å². The van der Waals surface area contributed by atoms with Crippen LogP contribution in [0.4, 0.5) is 0 Å². The number of nitrogens with two attached hydrogens (primary N) is 1. The largest absolute Gasteiger partial charge is 0.376 e. The van der Waals surface area contributed by atoms with Gasteiger partial charge in [0.25, 0.3) is 0 Å². The van der Waals surface area contributed by atoms with Gasteiger partial charge in [-0.3, -0.25) is 0 Å². The van der Waals surface area contributed by atoms with Gasteiger partial charge in [-0.1, -0.05) is 0 Å². The van der Waals surface area contributed by atoms with E-state index in [1.165, 1.54) is 24.4 Å². The lowest BCUT2D eigenvalue weighted by atomic mass is 10.0. The summed E-state index contributed by atoms with van der Waals surface area (Å²) >= 11 is 1.45. The number of nitrogens with zero attached hydrogens (tertiary/aromatic N) is 1. The lowest BCUT2D eigenvalue weighted by Gasteiger charge is -2.26. The minimum absolute atomic E-state index is 0.0356. The van der Waals surface area contributed by atoms with Gasteiger partial charge in [0, 0.05) is 12.0 Å². The molecule has 0 radical (unpaired) electrons. The van der Waals surface area contributed by atoms with Gasteiger partial charge in [-0.05, 0) is 36.9 Å². The lowest BCUT2D eigenvalue weighted by molar-refractivity contribution is -0.000588. The van der Waals surface area contributed by atoms with Crippen molar-refractivity contribution in [3.63, 3.8) is 0 Å². The molecule has 72 valence electrons. The molecule has 0 bridgehead atoms. The second kappa shape index (κ2) is 4.17. The van der Waals surface area contributed by atoms with Crippen molar-refractivity contribution in [1.82, 2.24) is 4.37 Å². The van der Waals surface area contributed by atoms with Crippen LogP contribution in [0.1, 0.15) is 31.0 Å². The molecule has 3 nitrogen and oxygen atoms in total. The number of rotatable bonds is 2. The summed E-state index contributed by atoms with van der Waals surface area (Å²) in [7, 11) is 0. The Hall–Kier alpha value is -0.450. The smallest absolute Gasteiger partial charge is 0.0783 e. The molecule has 1 aliphatic rings. The van der Waals surface area contributed by atoms with Crippen LogP contribution in [0.15, 0.2) is 11.4 Å². The van der Waals surface area contributed by atoms with E-state index < -0.39 is 0 Å². The topological polar surface area (TPSA) is 48.1 Å². The minimum atomic E-state index is -0.0356. The molecule has 13 heavy (non-hydrogen) atoms. The van der Waals surface area contributed by atoms with E-state index in [1.807, 2.05) is 11.4 Å². The van der Waals surface area contributed by atoms with Crippen molar-refractivity contribution in [3.05, 3.63) is 17.1 Å². The molecule has 4 heteroatoms. The van der Waals surface area contributed by atoms with E-state index in [4.69, 9.17) is 10.5 Å². The third-order valence-corrected chi connectivity index (χ3v) is 2.99. The monoisotopic (exact) mass is 198 g/mol. The number of hydrogen-bond donors (Lipinski definition) is 1. The first-order valence-corrected chi connectivity index (χ1v) is 5.49. The number of ether oxygens (including phenoxy) is 1. The van der Waals surface area contributed by atoms with Crippen LogP contribution in [-0.4, -0.2) is 17.1 Å². The molecule has 2 N–H and O–H groups in total. The van der Waals surface area contributed by atoms with E-state index in [2.05, 4.69) is 4.37 Å². The van der Waals surface area contributed by atoms with E-state index in [1.54, 1.807) is 0 Å². The zero-order valence-electron chi connectivity index (χ0n) is 7.48. The molecule has 2 unspecified atom stereocenters. The van der Waals surface area contributed by atoms with Crippen molar-refractivity contribution in [2.45, 2.75) is 31.4 Å². The standard InChI is InChI=1S/C9H14N2OS/c10-9(7-4-6-13-11-7)8-3-1-2-5-12-8/h4,6,8-9H,1-3,5,10H2. The molecule has 1 saturated heterocycles. The van der Waals surface area contributed by atoms with Crippen molar-refractivity contribution in [2.75, 3.05) is 6.61 Å². The molecular formula is C9H14N2OS. The van der Waals surface area contributed by atoms with Crippen LogP contribution < -0.4 is 5.73 Å². The Labute approximate surface area is 82.1 Å². The van der Waals surface area contributed by atoms with Gasteiger partial charge in [-0.15, -0.1) is 0 Å². The molecule has 0 aliphatic carbocycles. The Kier molecular flexibility index (Phi) is 2.93. The summed E-state index contributed by atoms with van der Waals surface area (Å²) in [6.07, 6.45) is 3.64. The summed E-state index contributed by atoms with van der Waals surface area (Å²) in [5, 5.41) is 1.96. The maximum absolute atomic E-state index is 6.03. The van der Waals surface area contributed by atoms with Crippen molar-refractivity contribution in [1.29, 1.82) is 0 Å². The van der Waals surface area contributed by atoms with E-state index in [9.17, 15) is 0 Å². The van der Waals surface area contributed by atoms with E-state index in [0.717, 1.165) is 18.7 Å². The molecule has 2 atom stereocenters. The van der Waals surface area contributed by atoms with Crippen LogP contribution in [-0.2, 0) is 4.74 Å². The fourth-order valence-electron chi connectivity index (χ4n) is 1.63. The second-order valence-corrected chi connectivity index (χ2v) is 4.02. The van der Waals surface area contributed by atoms with Gasteiger partial charge in [0.2, 0.25) is 0 Å². The summed E-state index contributed by atoms with van der Waals surface area (Å²) in [6.45, 7) is 0.850. The highest BCUT2D eigenvalue weighted by atomic mass is 32.1. The predicted octanol–water partition coefficient (Wildman–Crippen LogP) is 1.71. The lowest BCUT2D eigenvalue weighted by Crippen LogP contribution is -2.32. The average Bonchev–Trinajstić information content (AvgIpc) is 2.71. The summed E-state index contributed by atoms with van der Waals surface area (Å²) in [5.74, 6) is 0. The average molecular weight is 198 g/mol. The molecule has 1 fully saturated rings. The Bertz CT molecular complexity index is 244. The minimum Gasteiger partial charge on any atom is -0.376 e. The molecular weight excluding hydrogens is 184 g/mol.